The lowest BCUT2D eigenvalue weighted by Gasteiger charge is -2.46. The van der Waals surface area contributed by atoms with Gasteiger partial charge in [-0.2, -0.15) is 0 Å². The van der Waals surface area contributed by atoms with Crippen molar-refractivity contribution in [3.8, 4) is 0 Å². The fourth-order valence-corrected chi connectivity index (χ4v) is 3.49. The van der Waals surface area contributed by atoms with E-state index in [1.165, 1.54) is 7.11 Å². The van der Waals surface area contributed by atoms with Gasteiger partial charge in [0.25, 0.3) is 0 Å². The summed E-state index contributed by atoms with van der Waals surface area (Å²) in [5, 5.41) is 7.27. The number of carbonyl (C=O) groups is 1. The molecule has 0 atom stereocenters. The molecule has 0 aromatic carbocycles. The summed E-state index contributed by atoms with van der Waals surface area (Å²) in [4.78, 5) is 14.5. The molecule has 1 aliphatic heterocycles. The lowest BCUT2D eigenvalue weighted by atomic mass is 9.79. The van der Waals surface area contributed by atoms with E-state index in [2.05, 4.69) is 43.3 Å². The van der Waals surface area contributed by atoms with Gasteiger partial charge in [-0.3, -0.25) is 0 Å². The zero-order valence-electron chi connectivity index (χ0n) is 13.7. The minimum absolute atomic E-state index is 0.131. The van der Waals surface area contributed by atoms with Gasteiger partial charge in [-0.25, -0.2) is 4.79 Å². The molecule has 1 fully saturated rings. The zero-order valence-corrected chi connectivity index (χ0v) is 13.7. The molecule has 1 aliphatic rings. The SMILES string of the molecule is COC(=O)c1ccc(CNC2CC(C)(C)NC(C)(C)C2)[nH]1. The fraction of sp³-hybridized carbons (Fsp3) is 0.688. The fourth-order valence-electron chi connectivity index (χ4n) is 3.49. The predicted octanol–water partition coefficient (Wildman–Crippen LogP) is 2.20. The molecule has 2 rings (SSSR count). The summed E-state index contributed by atoms with van der Waals surface area (Å²) in [6.45, 7) is 9.70. The number of piperidine rings is 1. The van der Waals surface area contributed by atoms with Crippen molar-refractivity contribution in [1.29, 1.82) is 0 Å². The molecule has 5 nitrogen and oxygen atoms in total. The van der Waals surface area contributed by atoms with Crippen LogP contribution in [0, 0.1) is 0 Å². The maximum absolute atomic E-state index is 11.4. The minimum Gasteiger partial charge on any atom is -0.464 e. The summed E-state index contributed by atoms with van der Waals surface area (Å²) in [6.07, 6.45) is 2.17. The van der Waals surface area contributed by atoms with Crippen LogP contribution in [0.1, 0.15) is 56.7 Å². The van der Waals surface area contributed by atoms with Gasteiger partial charge in [0.1, 0.15) is 5.69 Å². The van der Waals surface area contributed by atoms with Crippen molar-refractivity contribution in [1.82, 2.24) is 15.6 Å². The van der Waals surface area contributed by atoms with E-state index in [0.717, 1.165) is 25.1 Å². The van der Waals surface area contributed by atoms with E-state index < -0.39 is 0 Å². The predicted molar refractivity (Wildman–Crippen MR) is 83.3 cm³/mol. The highest BCUT2D eigenvalue weighted by Crippen LogP contribution is 2.28. The monoisotopic (exact) mass is 293 g/mol. The number of hydrogen-bond donors (Lipinski definition) is 3. The zero-order chi connectivity index (χ0) is 15.7. The maximum atomic E-state index is 11.4. The highest BCUT2D eigenvalue weighted by molar-refractivity contribution is 5.87. The van der Waals surface area contributed by atoms with E-state index in [9.17, 15) is 4.79 Å². The Labute approximate surface area is 126 Å². The molecule has 2 heterocycles. The second-order valence-corrected chi connectivity index (χ2v) is 7.27. The van der Waals surface area contributed by atoms with Gasteiger partial charge in [0.2, 0.25) is 0 Å². The van der Waals surface area contributed by atoms with E-state index in [1.54, 1.807) is 6.07 Å². The Morgan fingerprint density at radius 1 is 1.29 bits per heavy atom. The van der Waals surface area contributed by atoms with E-state index >= 15 is 0 Å². The Hall–Kier alpha value is -1.33. The molecule has 21 heavy (non-hydrogen) atoms. The molecule has 0 spiro atoms. The van der Waals surface area contributed by atoms with Gasteiger partial charge in [0.15, 0.2) is 0 Å². The number of carbonyl (C=O) groups excluding carboxylic acids is 1. The van der Waals surface area contributed by atoms with Crippen LogP contribution in [0.5, 0.6) is 0 Å². The summed E-state index contributed by atoms with van der Waals surface area (Å²) >= 11 is 0. The largest absolute Gasteiger partial charge is 0.464 e. The quantitative estimate of drug-likeness (QED) is 0.745. The average Bonchev–Trinajstić information content (AvgIpc) is 2.80. The van der Waals surface area contributed by atoms with Crippen LogP contribution >= 0.6 is 0 Å². The van der Waals surface area contributed by atoms with Crippen LogP contribution in [0.4, 0.5) is 0 Å². The number of aromatic nitrogens is 1. The van der Waals surface area contributed by atoms with Gasteiger partial charge < -0.3 is 20.4 Å². The van der Waals surface area contributed by atoms with Crippen LogP contribution < -0.4 is 10.6 Å². The Kier molecular flexibility index (Phi) is 4.44. The molecule has 0 saturated carbocycles. The Morgan fingerprint density at radius 2 is 1.90 bits per heavy atom. The molecular formula is C16H27N3O2. The third-order valence-electron chi connectivity index (χ3n) is 3.92. The van der Waals surface area contributed by atoms with E-state index in [0.29, 0.717) is 11.7 Å². The third-order valence-corrected chi connectivity index (χ3v) is 3.92. The van der Waals surface area contributed by atoms with Gasteiger partial charge >= 0.3 is 5.97 Å². The smallest absolute Gasteiger partial charge is 0.354 e. The normalized spacial score (nSPS) is 21.2. The summed E-state index contributed by atoms with van der Waals surface area (Å²) in [5.74, 6) is -0.328. The third kappa shape index (κ3) is 4.32. The number of rotatable bonds is 4. The topological polar surface area (TPSA) is 66.2 Å². The molecule has 0 radical (unpaired) electrons. The highest BCUT2D eigenvalue weighted by Gasteiger charge is 2.37. The van der Waals surface area contributed by atoms with Crippen LogP contribution in [0.25, 0.3) is 0 Å². The van der Waals surface area contributed by atoms with Gasteiger partial charge in [-0.15, -0.1) is 0 Å². The lowest BCUT2D eigenvalue weighted by molar-refractivity contribution is 0.0594. The first-order valence-corrected chi connectivity index (χ1v) is 7.50. The maximum Gasteiger partial charge on any atom is 0.354 e. The van der Waals surface area contributed by atoms with Gasteiger partial charge in [-0.1, -0.05) is 0 Å². The van der Waals surface area contributed by atoms with Gasteiger partial charge in [-0.05, 0) is 52.7 Å². The summed E-state index contributed by atoms with van der Waals surface area (Å²) in [5.41, 5.74) is 1.77. The van der Waals surface area contributed by atoms with Crippen molar-refractivity contribution in [3.63, 3.8) is 0 Å². The molecule has 3 N–H and O–H groups in total. The molecule has 1 aromatic rings. The molecule has 1 aromatic heterocycles. The van der Waals surface area contributed by atoms with Crippen molar-refractivity contribution < 1.29 is 9.53 Å². The van der Waals surface area contributed by atoms with Gasteiger partial charge in [0, 0.05) is 29.4 Å². The van der Waals surface area contributed by atoms with Gasteiger partial charge in [0.05, 0.1) is 7.11 Å². The standard InChI is InChI=1S/C16H27N3O2/c1-15(2)8-12(9-16(3,4)19-15)17-10-11-6-7-13(18-11)14(20)21-5/h6-7,12,17-19H,8-10H2,1-5H3. The molecular weight excluding hydrogens is 266 g/mol. The molecule has 5 heteroatoms. The lowest BCUT2D eigenvalue weighted by Crippen LogP contribution is -2.61. The summed E-state index contributed by atoms with van der Waals surface area (Å²) in [6, 6.07) is 4.15. The van der Waals surface area contributed by atoms with E-state index in [4.69, 9.17) is 4.74 Å². The second-order valence-electron chi connectivity index (χ2n) is 7.27. The number of ether oxygens (including phenoxy) is 1. The van der Waals surface area contributed by atoms with Crippen LogP contribution in [0.15, 0.2) is 12.1 Å². The van der Waals surface area contributed by atoms with Crippen LogP contribution in [0.3, 0.4) is 0 Å². The van der Waals surface area contributed by atoms with Crippen LogP contribution in [-0.2, 0) is 11.3 Å². The number of methoxy groups -OCH3 is 1. The molecule has 0 aliphatic carbocycles. The van der Waals surface area contributed by atoms with Crippen LogP contribution in [-0.4, -0.2) is 35.2 Å². The number of H-pyrrole nitrogens is 1. The number of nitrogens with one attached hydrogen (secondary N) is 3. The van der Waals surface area contributed by atoms with Crippen LogP contribution in [0.2, 0.25) is 0 Å². The Balaban J connectivity index is 1.93. The van der Waals surface area contributed by atoms with Crippen molar-refractivity contribution in [2.75, 3.05) is 7.11 Å². The second kappa shape index (κ2) is 5.81. The Bertz CT molecular complexity index is 489. The van der Waals surface area contributed by atoms with Crippen molar-refractivity contribution in [2.24, 2.45) is 0 Å². The Morgan fingerprint density at radius 3 is 2.48 bits per heavy atom. The number of hydrogen-bond acceptors (Lipinski definition) is 4. The number of aromatic amines is 1. The minimum atomic E-state index is -0.328. The highest BCUT2D eigenvalue weighted by atomic mass is 16.5. The first-order chi connectivity index (χ1) is 9.71. The molecule has 118 valence electrons. The van der Waals surface area contributed by atoms with E-state index in [1.807, 2.05) is 6.07 Å². The van der Waals surface area contributed by atoms with Crippen molar-refractivity contribution in [3.05, 3.63) is 23.5 Å². The molecule has 1 saturated heterocycles. The molecule has 0 bridgehead atoms. The molecule has 0 unspecified atom stereocenters. The first kappa shape index (κ1) is 16.0. The average molecular weight is 293 g/mol. The van der Waals surface area contributed by atoms with Crippen molar-refractivity contribution >= 4 is 5.97 Å². The molecule has 0 amide bonds. The van der Waals surface area contributed by atoms with E-state index in [-0.39, 0.29) is 17.0 Å². The number of esters is 1. The first-order valence-electron chi connectivity index (χ1n) is 7.50. The van der Waals surface area contributed by atoms with Crippen molar-refractivity contribution in [2.45, 2.75) is 64.2 Å². The summed E-state index contributed by atoms with van der Waals surface area (Å²) in [7, 11) is 1.39. The summed E-state index contributed by atoms with van der Waals surface area (Å²) < 4.78 is 4.70.